The topological polar surface area (TPSA) is 42.5 Å². The van der Waals surface area contributed by atoms with E-state index in [2.05, 4.69) is 24.5 Å². The Bertz CT molecular complexity index is 222. The third-order valence-electron chi connectivity index (χ3n) is 3.81. The molecule has 1 spiro atoms. The normalized spacial score (nSPS) is 32.8. The SMILES string of the molecule is CCCC1(CCC)NCC2(COCCN2)CO1. The molecule has 2 N–H and O–H groups in total. The first-order valence-electron chi connectivity index (χ1n) is 6.96. The Balaban J connectivity index is 1.94. The number of morpholine rings is 1. The standard InChI is InChI=1S/C13H26N2O2/c1-3-5-13(6-4-2)15-9-12(11-17-13)10-16-8-7-14-12/h14-15H,3-11H2,1-2H3. The van der Waals surface area contributed by atoms with Crippen LogP contribution >= 0.6 is 0 Å². The van der Waals surface area contributed by atoms with E-state index in [0.717, 1.165) is 58.6 Å². The number of ether oxygens (including phenoxy) is 2. The largest absolute Gasteiger partial charge is 0.378 e. The molecule has 2 aliphatic rings. The van der Waals surface area contributed by atoms with Gasteiger partial charge in [-0.3, -0.25) is 5.32 Å². The summed E-state index contributed by atoms with van der Waals surface area (Å²) in [5.41, 5.74) is -0.0862. The average molecular weight is 242 g/mol. The Labute approximate surface area is 104 Å². The lowest BCUT2D eigenvalue weighted by atomic mass is 9.93. The Morgan fingerprint density at radius 3 is 2.29 bits per heavy atom. The molecule has 0 saturated carbocycles. The van der Waals surface area contributed by atoms with Gasteiger partial charge in [0.15, 0.2) is 0 Å². The van der Waals surface area contributed by atoms with Crippen LogP contribution in [0.1, 0.15) is 39.5 Å². The van der Waals surface area contributed by atoms with Crippen LogP contribution < -0.4 is 10.6 Å². The number of hydrogen-bond acceptors (Lipinski definition) is 4. The maximum Gasteiger partial charge on any atom is 0.119 e. The van der Waals surface area contributed by atoms with Crippen LogP contribution in [0, 0.1) is 0 Å². The average Bonchev–Trinajstić information content (AvgIpc) is 2.36. The van der Waals surface area contributed by atoms with E-state index in [-0.39, 0.29) is 11.3 Å². The van der Waals surface area contributed by atoms with Gasteiger partial charge in [0.25, 0.3) is 0 Å². The van der Waals surface area contributed by atoms with E-state index >= 15 is 0 Å². The van der Waals surface area contributed by atoms with Crippen molar-refractivity contribution in [1.29, 1.82) is 0 Å². The van der Waals surface area contributed by atoms with Crippen LogP contribution in [-0.2, 0) is 9.47 Å². The van der Waals surface area contributed by atoms with Crippen LogP contribution in [0.25, 0.3) is 0 Å². The van der Waals surface area contributed by atoms with Crippen molar-refractivity contribution >= 4 is 0 Å². The second-order valence-corrected chi connectivity index (χ2v) is 5.40. The van der Waals surface area contributed by atoms with Gasteiger partial charge in [0.1, 0.15) is 5.72 Å². The maximum atomic E-state index is 6.19. The first-order valence-corrected chi connectivity index (χ1v) is 6.96. The molecule has 2 aliphatic heterocycles. The van der Waals surface area contributed by atoms with Gasteiger partial charge >= 0.3 is 0 Å². The van der Waals surface area contributed by atoms with Gasteiger partial charge in [-0.2, -0.15) is 0 Å². The van der Waals surface area contributed by atoms with Crippen molar-refractivity contribution in [3.05, 3.63) is 0 Å². The zero-order valence-corrected chi connectivity index (χ0v) is 11.2. The minimum atomic E-state index is -0.0894. The molecule has 0 bridgehead atoms. The van der Waals surface area contributed by atoms with Crippen molar-refractivity contribution < 1.29 is 9.47 Å². The highest BCUT2D eigenvalue weighted by atomic mass is 16.5. The highest BCUT2D eigenvalue weighted by Gasteiger charge is 2.43. The van der Waals surface area contributed by atoms with Gasteiger partial charge in [0.2, 0.25) is 0 Å². The Hall–Kier alpha value is -0.160. The Kier molecular flexibility index (Phi) is 4.42. The fraction of sp³-hybridized carbons (Fsp3) is 1.00. The van der Waals surface area contributed by atoms with Gasteiger partial charge in [0, 0.05) is 13.1 Å². The predicted molar refractivity (Wildman–Crippen MR) is 68.1 cm³/mol. The fourth-order valence-electron chi connectivity index (χ4n) is 2.88. The summed E-state index contributed by atoms with van der Waals surface area (Å²) >= 11 is 0. The lowest BCUT2D eigenvalue weighted by Crippen LogP contribution is -2.70. The van der Waals surface area contributed by atoms with Crippen LogP contribution in [0.5, 0.6) is 0 Å². The van der Waals surface area contributed by atoms with Gasteiger partial charge in [-0.15, -0.1) is 0 Å². The van der Waals surface area contributed by atoms with Crippen LogP contribution in [0.2, 0.25) is 0 Å². The van der Waals surface area contributed by atoms with Gasteiger partial charge in [0.05, 0.1) is 25.4 Å². The second-order valence-electron chi connectivity index (χ2n) is 5.40. The van der Waals surface area contributed by atoms with Gasteiger partial charge in [-0.05, 0) is 12.8 Å². The summed E-state index contributed by atoms with van der Waals surface area (Å²) < 4.78 is 11.8. The van der Waals surface area contributed by atoms with Crippen LogP contribution in [0.15, 0.2) is 0 Å². The first kappa shape index (κ1) is 13.3. The monoisotopic (exact) mass is 242 g/mol. The molecule has 2 saturated heterocycles. The van der Waals surface area contributed by atoms with Gasteiger partial charge < -0.3 is 14.8 Å². The third kappa shape index (κ3) is 2.99. The molecule has 1 unspecified atom stereocenters. The summed E-state index contributed by atoms with van der Waals surface area (Å²) in [5.74, 6) is 0. The molecule has 0 aromatic rings. The summed E-state index contributed by atoms with van der Waals surface area (Å²) in [5, 5.41) is 7.17. The second kappa shape index (κ2) is 5.65. The van der Waals surface area contributed by atoms with Crippen molar-refractivity contribution in [2.24, 2.45) is 0 Å². The van der Waals surface area contributed by atoms with E-state index in [1.807, 2.05) is 0 Å². The van der Waals surface area contributed by atoms with Crippen molar-refractivity contribution in [2.45, 2.75) is 50.8 Å². The molecule has 1 atom stereocenters. The molecule has 100 valence electrons. The van der Waals surface area contributed by atoms with Crippen molar-refractivity contribution in [1.82, 2.24) is 10.6 Å². The predicted octanol–water partition coefficient (Wildman–Crippen LogP) is 1.26. The van der Waals surface area contributed by atoms with E-state index in [4.69, 9.17) is 9.47 Å². The number of rotatable bonds is 4. The summed E-state index contributed by atoms with van der Waals surface area (Å²) in [6.07, 6.45) is 4.50. The van der Waals surface area contributed by atoms with E-state index < -0.39 is 0 Å². The molecule has 0 aromatic heterocycles. The Morgan fingerprint density at radius 1 is 1.06 bits per heavy atom. The van der Waals surface area contributed by atoms with Crippen molar-refractivity contribution in [3.8, 4) is 0 Å². The van der Waals surface area contributed by atoms with Crippen LogP contribution in [-0.4, -0.2) is 44.2 Å². The van der Waals surface area contributed by atoms with E-state index in [9.17, 15) is 0 Å². The molecule has 17 heavy (non-hydrogen) atoms. The van der Waals surface area contributed by atoms with Crippen molar-refractivity contribution in [2.75, 3.05) is 32.9 Å². The number of hydrogen-bond donors (Lipinski definition) is 2. The summed E-state index contributed by atoms with van der Waals surface area (Å²) in [4.78, 5) is 0. The number of nitrogens with one attached hydrogen (secondary N) is 2. The zero-order chi connectivity index (χ0) is 12.2. The minimum Gasteiger partial charge on any atom is -0.378 e. The fourth-order valence-corrected chi connectivity index (χ4v) is 2.88. The molecule has 4 heteroatoms. The highest BCUT2D eigenvalue weighted by Crippen LogP contribution is 2.28. The highest BCUT2D eigenvalue weighted by molar-refractivity contribution is 4.99. The molecule has 4 nitrogen and oxygen atoms in total. The molecule has 0 aliphatic carbocycles. The van der Waals surface area contributed by atoms with E-state index in [1.54, 1.807) is 0 Å². The third-order valence-corrected chi connectivity index (χ3v) is 3.81. The zero-order valence-electron chi connectivity index (χ0n) is 11.2. The van der Waals surface area contributed by atoms with E-state index in [0.29, 0.717) is 0 Å². The molecule has 0 amide bonds. The minimum absolute atomic E-state index is 0.00321. The summed E-state index contributed by atoms with van der Waals surface area (Å²) in [6.45, 7) is 8.65. The molecular formula is C13H26N2O2. The molecular weight excluding hydrogens is 216 g/mol. The summed E-state index contributed by atoms with van der Waals surface area (Å²) in [6, 6.07) is 0. The lowest BCUT2D eigenvalue weighted by Gasteiger charge is -2.49. The van der Waals surface area contributed by atoms with Gasteiger partial charge in [-0.25, -0.2) is 0 Å². The van der Waals surface area contributed by atoms with Crippen molar-refractivity contribution in [3.63, 3.8) is 0 Å². The molecule has 2 rings (SSSR count). The van der Waals surface area contributed by atoms with Gasteiger partial charge in [-0.1, -0.05) is 26.7 Å². The summed E-state index contributed by atoms with van der Waals surface area (Å²) in [7, 11) is 0. The maximum absolute atomic E-state index is 6.19. The molecule has 2 heterocycles. The van der Waals surface area contributed by atoms with Crippen LogP contribution in [0.4, 0.5) is 0 Å². The quantitative estimate of drug-likeness (QED) is 0.779. The Morgan fingerprint density at radius 2 is 1.82 bits per heavy atom. The molecule has 0 radical (unpaired) electrons. The molecule has 2 fully saturated rings. The smallest absolute Gasteiger partial charge is 0.119 e. The van der Waals surface area contributed by atoms with Crippen LogP contribution in [0.3, 0.4) is 0 Å². The molecule has 0 aromatic carbocycles. The first-order chi connectivity index (χ1) is 8.24. The lowest BCUT2D eigenvalue weighted by molar-refractivity contribution is -0.157. The van der Waals surface area contributed by atoms with E-state index in [1.165, 1.54) is 0 Å².